The molecule has 3 heteroatoms. The number of hydrogen-bond acceptors (Lipinski definition) is 3. The molecule has 2 aromatic heterocycles. The van der Waals surface area contributed by atoms with Crippen LogP contribution in [0.4, 0.5) is 17.1 Å². The molecular formula is C44H27NO2. The van der Waals surface area contributed by atoms with E-state index in [1.54, 1.807) is 0 Å². The number of benzene rings is 8. The van der Waals surface area contributed by atoms with Crippen LogP contribution in [-0.2, 0) is 0 Å². The normalized spacial score (nSPS) is 11.8. The molecule has 47 heavy (non-hydrogen) atoms. The molecule has 0 radical (unpaired) electrons. The SMILES string of the molecule is c1ccc(-c2ccc(N(c3ccc(-c4ccc5ccc6cccc7oc4c5c67)cc3)c3cccc4c3oc3ccccc34)cc2)cc1. The maximum atomic E-state index is 6.54. The van der Waals surface area contributed by atoms with Crippen molar-refractivity contribution in [1.29, 1.82) is 0 Å². The third-order valence-corrected chi connectivity index (χ3v) is 9.45. The summed E-state index contributed by atoms with van der Waals surface area (Å²) in [6.07, 6.45) is 0. The summed E-state index contributed by atoms with van der Waals surface area (Å²) in [6.45, 7) is 0. The van der Waals surface area contributed by atoms with Crippen molar-refractivity contribution in [3.63, 3.8) is 0 Å². The van der Waals surface area contributed by atoms with Crippen LogP contribution < -0.4 is 4.90 Å². The lowest BCUT2D eigenvalue weighted by Gasteiger charge is -2.26. The molecule has 0 atom stereocenters. The first kappa shape index (κ1) is 26.0. The molecule has 10 aromatic rings. The minimum Gasteiger partial charge on any atom is -0.455 e. The number of nitrogens with zero attached hydrogens (tertiary/aromatic N) is 1. The summed E-state index contributed by atoms with van der Waals surface area (Å²) >= 11 is 0. The molecule has 220 valence electrons. The van der Waals surface area contributed by atoms with E-state index in [2.05, 4.69) is 150 Å². The lowest BCUT2D eigenvalue weighted by Crippen LogP contribution is -2.10. The number of hydrogen-bond donors (Lipinski definition) is 0. The summed E-state index contributed by atoms with van der Waals surface area (Å²) in [6, 6.07) is 57.7. The van der Waals surface area contributed by atoms with E-state index in [1.165, 1.54) is 32.7 Å². The smallest absolute Gasteiger partial charge is 0.159 e. The molecule has 0 spiro atoms. The Hall–Kier alpha value is -6.32. The Morgan fingerprint density at radius 2 is 0.957 bits per heavy atom. The molecule has 0 saturated carbocycles. The van der Waals surface area contributed by atoms with Crippen molar-refractivity contribution < 1.29 is 8.83 Å². The number of fused-ring (bicyclic) bond motifs is 3. The Labute approximate surface area is 270 Å². The van der Waals surface area contributed by atoms with E-state index < -0.39 is 0 Å². The van der Waals surface area contributed by atoms with Gasteiger partial charge in [-0.15, -0.1) is 0 Å². The Kier molecular flexibility index (Phi) is 5.57. The fraction of sp³-hybridized carbons (Fsp3) is 0. The zero-order chi connectivity index (χ0) is 30.9. The Morgan fingerprint density at radius 1 is 0.362 bits per heavy atom. The van der Waals surface area contributed by atoms with E-state index in [0.717, 1.165) is 61.3 Å². The van der Waals surface area contributed by atoms with E-state index in [9.17, 15) is 0 Å². The van der Waals surface area contributed by atoms with Gasteiger partial charge in [-0.3, -0.25) is 0 Å². The van der Waals surface area contributed by atoms with Gasteiger partial charge in [0.25, 0.3) is 0 Å². The molecule has 0 N–H and O–H groups in total. The average molecular weight is 602 g/mol. The van der Waals surface area contributed by atoms with Gasteiger partial charge >= 0.3 is 0 Å². The highest BCUT2D eigenvalue weighted by molar-refractivity contribution is 6.24. The second-order valence-corrected chi connectivity index (χ2v) is 12.1. The van der Waals surface area contributed by atoms with Crippen LogP contribution in [0.1, 0.15) is 0 Å². The van der Waals surface area contributed by atoms with Crippen molar-refractivity contribution in [3.8, 4) is 22.3 Å². The van der Waals surface area contributed by atoms with Crippen LogP contribution in [0.5, 0.6) is 0 Å². The van der Waals surface area contributed by atoms with E-state index in [4.69, 9.17) is 8.83 Å². The lowest BCUT2D eigenvalue weighted by molar-refractivity contribution is 0.669. The van der Waals surface area contributed by atoms with Gasteiger partial charge in [0, 0.05) is 38.5 Å². The summed E-state index contributed by atoms with van der Waals surface area (Å²) < 4.78 is 13.1. The van der Waals surface area contributed by atoms with Crippen molar-refractivity contribution in [2.24, 2.45) is 0 Å². The topological polar surface area (TPSA) is 29.5 Å². The van der Waals surface area contributed by atoms with Gasteiger partial charge in [-0.1, -0.05) is 115 Å². The van der Waals surface area contributed by atoms with E-state index >= 15 is 0 Å². The quantitative estimate of drug-likeness (QED) is 0.184. The van der Waals surface area contributed by atoms with E-state index in [-0.39, 0.29) is 0 Å². The third-order valence-electron chi connectivity index (χ3n) is 9.45. The molecule has 0 bridgehead atoms. The van der Waals surface area contributed by atoms with Crippen LogP contribution in [0.2, 0.25) is 0 Å². The fourth-order valence-corrected chi connectivity index (χ4v) is 7.22. The van der Waals surface area contributed by atoms with Crippen LogP contribution in [-0.4, -0.2) is 0 Å². The minimum atomic E-state index is 0.864. The predicted octanol–water partition coefficient (Wildman–Crippen LogP) is 12.9. The molecule has 2 heterocycles. The van der Waals surface area contributed by atoms with Gasteiger partial charge in [0.2, 0.25) is 0 Å². The zero-order valence-corrected chi connectivity index (χ0v) is 25.4. The highest BCUT2D eigenvalue weighted by atomic mass is 16.3. The maximum Gasteiger partial charge on any atom is 0.159 e. The van der Waals surface area contributed by atoms with Gasteiger partial charge in [-0.25, -0.2) is 0 Å². The van der Waals surface area contributed by atoms with Crippen LogP contribution in [0.25, 0.3) is 76.9 Å². The first-order valence-electron chi connectivity index (χ1n) is 15.9. The van der Waals surface area contributed by atoms with Gasteiger partial charge < -0.3 is 13.7 Å². The Morgan fingerprint density at radius 3 is 1.77 bits per heavy atom. The fourth-order valence-electron chi connectivity index (χ4n) is 7.22. The number of rotatable bonds is 5. The van der Waals surface area contributed by atoms with Crippen molar-refractivity contribution in [3.05, 3.63) is 164 Å². The third kappa shape index (κ3) is 4.00. The highest BCUT2D eigenvalue weighted by Crippen LogP contribution is 2.45. The molecule has 0 unspecified atom stereocenters. The highest BCUT2D eigenvalue weighted by Gasteiger charge is 2.21. The van der Waals surface area contributed by atoms with Crippen LogP contribution in [0, 0.1) is 0 Å². The largest absolute Gasteiger partial charge is 0.455 e. The molecule has 0 saturated heterocycles. The average Bonchev–Trinajstić information content (AvgIpc) is 3.72. The summed E-state index contributed by atoms with van der Waals surface area (Å²) in [7, 11) is 0. The summed E-state index contributed by atoms with van der Waals surface area (Å²) in [4.78, 5) is 2.29. The van der Waals surface area contributed by atoms with Crippen molar-refractivity contribution >= 4 is 71.7 Å². The van der Waals surface area contributed by atoms with E-state index in [0.29, 0.717) is 0 Å². The second-order valence-electron chi connectivity index (χ2n) is 12.1. The number of anilines is 3. The Bertz CT molecular complexity index is 2720. The van der Waals surface area contributed by atoms with Gasteiger partial charge in [-0.05, 0) is 76.0 Å². The number of para-hydroxylation sites is 2. The van der Waals surface area contributed by atoms with Gasteiger partial charge in [0.1, 0.15) is 16.7 Å². The molecular weight excluding hydrogens is 574 g/mol. The molecule has 0 aliphatic rings. The maximum absolute atomic E-state index is 6.54. The molecule has 0 amide bonds. The zero-order valence-electron chi connectivity index (χ0n) is 25.4. The first-order valence-corrected chi connectivity index (χ1v) is 15.9. The van der Waals surface area contributed by atoms with E-state index in [1.807, 2.05) is 18.2 Å². The summed E-state index contributed by atoms with van der Waals surface area (Å²) in [5, 5.41) is 7.00. The van der Waals surface area contributed by atoms with Crippen molar-refractivity contribution in [2.45, 2.75) is 0 Å². The second kappa shape index (κ2) is 10.1. The van der Waals surface area contributed by atoms with Crippen LogP contribution in [0.15, 0.2) is 173 Å². The molecule has 3 nitrogen and oxygen atoms in total. The van der Waals surface area contributed by atoms with Gasteiger partial charge in [-0.2, -0.15) is 0 Å². The number of furan rings is 2. The molecule has 8 aromatic carbocycles. The monoisotopic (exact) mass is 601 g/mol. The van der Waals surface area contributed by atoms with Crippen molar-refractivity contribution in [1.82, 2.24) is 0 Å². The molecule has 10 rings (SSSR count). The Balaban J connectivity index is 1.13. The van der Waals surface area contributed by atoms with Crippen LogP contribution >= 0.6 is 0 Å². The summed E-state index contributed by atoms with van der Waals surface area (Å²) in [5.74, 6) is 0. The van der Waals surface area contributed by atoms with Crippen molar-refractivity contribution in [2.75, 3.05) is 4.90 Å². The molecule has 0 aliphatic heterocycles. The minimum absolute atomic E-state index is 0.864. The predicted molar refractivity (Wildman–Crippen MR) is 195 cm³/mol. The summed E-state index contributed by atoms with van der Waals surface area (Å²) in [5.41, 5.74) is 11.3. The van der Waals surface area contributed by atoms with Gasteiger partial charge in [0.05, 0.1) is 5.69 Å². The lowest BCUT2D eigenvalue weighted by atomic mass is 9.97. The van der Waals surface area contributed by atoms with Crippen LogP contribution in [0.3, 0.4) is 0 Å². The first-order chi connectivity index (χ1) is 23.3. The van der Waals surface area contributed by atoms with Gasteiger partial charge in [0.15, 0.2) is 5.58 Å². The molecule has 0 aliphatic carbocycles. The molecule has 0 fully saturated rings. The standard InChI is InChI=1S/C44H27NO2/c1-2-8-28(9-3-1)29-18-23-33(24-19-29)45(38-13-7-12-37-36-11-4-5-14-39(36)46-43(37)38)34-25-20-30(21-26-34)35-27-22-32-17-16-31-10-6-15-40-41(31)42(32)44(35)47-40/h1-27H.